The highest BCUT2D eigenvalue weighted by Crippen LogP contribution is 2.37. The molecule has 0 amide bonds. The Bertz CT molecular complexity index is 1770. The molecule has 0 fully saturated rings. The van der Waals surface area contributed by atoms with Crippen molar-refractivity contribution in [2.45, 2.75) is 118 Å². The number of carbonyl (C=O) groups excluding carboxylic acids is 1. The Morgan fingerprint density at radius 2 is 1.04 bits per heavy atom. The van der Waals surface area contributed by atoms with Crippen LogP contribution >= 0.6 is 0 Å². The third-order valence-corrected chi connectivity index (χ3v) is 9.63. The first kappa shape index (κ1) is 40.7. The molecule has 9 heteroatoms. The first-order valence-electron chi connectivity index (χ1n) is 18.7. The first-order valence-corrected chi connectivity index (χ1v) is 18.7. The summed E-state index contributed by atoms with van der Waals surface area (Å²) in [6.45, 7) is 15.3. The fourth-order valence-corrected chi connectivity index (χ4v) is 6.74. The van der Waals surface area contributed by atoms with Gasteiger partial charge >= 0.3 is 5.97 Å². The predicted molar refractivity (Wildman–Crippen MR) is 209 cm³/mol. The zero-order chi connectivity index (χ0) is 38.9. The van der Waals surface area contributed by atoms with Crippen molar-refractivity contribution >= 4 is 5.97 Å². The van der Waals surface area contributed by atoms with Crippen LogP contribution in [0.4, 0.5) is 0 Å². The van der Waals surface area contributed by atoms with Crippen molar-refractivity contribution in [2.24, 2.45) is 0 Å². The number of carbonyl (C=O) groups is 1. The number of esters is 1. The van der Waals surface area contributed by atoms with E-state index in [0.717, 1.165) is 61.9 Å². The van der Waals surface area contributed by atoms with Crippen LogP contribution in [0, 0.1) is 0 Å². The maximum atomic E-state index is 12.6. The van der Waals surface area contributed by atoms with Crippen molar-refractivity contribution in [3.8, 4) is 17.2 Å². The fraction of sp³-hybridized carbons (Fsp3) is 0.467. The van der Waals surface area contributed by atoms with E-state index in [0.29, 0.717) is 58.9 Å². The highest BCUT2D eigenvalue weighted by molar-refractivity contribution is 5.69. The van der Waals surface area contributed by atoms with E-state index in [9.17, 15) is 4.79 Å². The van der Waals surface area contributed by atoms with Crippen LogP contribution in [0.15, 0.2) is 60.8 Å². The van der Waals surface area contributed by atoms with Gasteiger partial charge in [0.2, 0.25) is 0 Å². The Labute approximate surface area is 321 Å². The van der Waals surface area contributed by atoms with E-state index in [4.69, 9.17) is 33.2 Å². The van der Waals surface area contributed by atoms with Crippen LogP contribution in [0.3, 0.4) is 0 Å². The largest absolute Gasteiger partial charge is 0.496 e. The van der Waals surface area contributed by atoms with E-state index in [1.165, 1.54) is 11.1 Å². The van der Waals surface area contributed by atoms with E-state index >= 15 is 0 Å². The van der Waals surface area contributed by atoms with Crippen molar-refractivity contribution in [3.63, 3.8) is 0 Å². The van der Waals surface area contributed by atoms with Crippen LogP contribution in [0.25, 0.3) is 0 Å². The van der Waals surface area contributed by atoms with E-state index in [1.807, 2.05) is 18.2 Å². The quantitative estimate of drug-likeness (QED) is 0.156. The van der Waals surface area contributed by atoms with Crippen molar-refractivity contribution in [2.75, 3.05) is 21.3 Å². The summed E-state index contributed by atoms with van der Waals surface area (Å²) < 4.78 is 42.9. The normalized spacial score (nSPS) is 14.1. The molecule has 6 bridgehead atoms. The lowest BCUT2D eigenvalue weighted by atomic mass is 9.84. The molecule has 1 aliphatic rings. The topological polar surface area (TPSA) is 94.6 Å². The van der Waals surface area contributed by atoms with E-state index in [2.05, 4.69) is 82.9 Å². The molecule has 0 radical (unpaired) electrons. The Kier molecular flexibility index (Phi) is 13.8. The van der Waals surface area contributed by atoms with Gasteiger partial charge in [0.15, 0.2) is 0 Å². The van der Waals surface area contributed by atoms with Crippen LogP contribution in [-0.4, -0.2) is 32.3 Å². The molecule has 0 saturated heterocycles. The summed E-state index contributed by atoms with van der Waals surface area (Å²) in [6, 6.07) is 18.4. The maximum Gasteiger partial charge on any atom is 0.306 e. The number of methoxy groups -OCH3 is 3. The van der Waals surface area contributed by atoms with Gasteiger partial charge in [0.25, 0.3) is 0 Å². The Balaban J connectivity index is 1.49. The summed E-state index contributed by atoms with van der Waals surface area (Å²) in [5, 5.41) is 0. The molecule has 1 aromatic heterocycles. The summed E-state index contributed by atoms with van der Waals surface area (Å²) >= 11 is 0. The molecule has 0 unspecified atom stereocenters. The molecule has 0 spiro atoms. The highest BCUT2D eigenvalue weighted by Gasteiger charge is 2.23. The van der Waals surface area contributed by atoms with Crippen LogP contribution < -0.4 is 14.2 Å². The molecule has 290 valence electrons. The minimum absolute atomic E-state index is 0.108. The molecular weight excluding hydrogens is 682 g/mol. The molecule has 2 heterocycles. The van der Waals surface area contributed by atoms with Gasteiger partial charge in [-0.15, -0.1) is 0 Å². The smallest absolute Gasteiger partial charge is 0.306 e. The lowest BCUT2D eigenvalue weighted by Crippen LogP contribution is -2.15. The number of rotatable bonds is 9. The summed E-state index contributed by atoms with van der Waals surface area (Å²) in [6.07, 6.45) is 3.27. The summed E-state index contributed by atoms with van der Waals surface area (Å²) in [5.41, 5.74) is 9.51. The molecule has 3 aromatic carbocycles. The zero-order valence-electron chi connectivity index (χ0n) is 33.6. The molecule has 1 aliphatic heterocycles. The van der Waals surface area contributed by atoms with Crippen LogP contribution in [0.5, 0.6) is 17.2 Å². The number of nitrogens with zero attached hydrogens (tertiary/aromatic N) is 1. The minimum atomic E-state index is -0.253. The van der Waals surface area contributed by atoms with Crippen LogP contribution in [0.2, 0.25) is 0 Å². The number of hydrogen-bond donors (Lipinski definition) is 0. The second kappa shape index (κ2) is 18.3. The summed E-state index contributed by atoms with van der Waals surface area (Å²) in [5.74, 6) is 1.97. The van der Waals surface area contributed by atoms with Gasteiger partial charge in [-0.05, 0) is 88.9 Å². The Hall–Kier alpha value is -4.44. The second-order valence-electron chi connectivity index (χ2n) is 15.9. The van der Waals surface area contributed by atoms with Gasteiger partial charge in [-0.2, -0.15) is 0 Å². The third kappa shape index (κ3) is 10.6. The number of pyridine rings is 1. The summed E-state index contributed by atoms with van der Waals surface area (Å²) in [4.78, 5) is 16.8. The zero-order valence-corrected chi connectivity index (χ0v) is 33.6. The van der Waals surface area contributed by atoms with Crippen LogP contribution in [-0.2, 0) is 87.2 Å². The average molecular weight is 740 g/mol. The van der Waals surface area contributed by atoms with E-state index < -0.39 is 0 Å². The molecular formula is C45H57NO8. The Morgan fingerprint density at radius 1 is 0.630 bits per heavy atom. The van der Waals surface area contributed by atoms with Gasteiger partial charge < -0.3 is 33.2 Å². The van der Waals surface area contributed by atoms with Crippen molar-refractivity contribution in [1.29, 1.82) is 0 Å². The molecule has 4 aromatic rings. The van der Waals surface area contributed by atoms with Gasteiger partial charge in [0.05, 0.1) is 66.7 Å². The SMILES string of the molecule is COc1c2cc(CCCC(=O)OCc3ccccn3)cc1COCc1cc(C(C)(C)C)cc(c1OC)COCc1cc(C(C)(C)C)cc(c1OC)COC2. The average Bonchev–Trinajstić information content (AvgIpc) is 3.13. The first-order chi connectivity index (χ1) is 25.8. The number of aromatic nitrogens is 1. The standard InChI is InChI=1S/C45H57NO8/c1-44(2,3)37-19-33-25-51-23-31-17-30(13-12-15-40(47)54-29-39-14-10-11-16-46-39)18-32(41(31)48-7)24-52-26-34-20-38(45(4,5)6)22-36(43(34)50-9)28-53-27-35(21-37)42(33)49-8/h10-11,14,16-22H,12-13,15,23-29H2,1-9H3. The molecule has 5 rings (SSSR count). The van der Waals surface area contributed by atoms with Gasteiger partial charge in [0, 0.05) is 46.0 Å². The predicted octanol–water partition coefficient (Wildman–Crippen LogP) is 9.23. The number of hydrogen-bond acceptors (Lipinski definition) is 9. The molecule has 0 N–H and O–H groups in total. The molecule has 9 nitrogen and oxygen atoms in total. The molecule has 0 atom stereocenters. The highest BCUT2D eigenvalue weighted by atomic mass is 16.5. The number of benzene rings is 3. The van der Waals surface area contributed by atoms with Crippen molar-refractivity contribution < 1.29 is 38.0 Å². The van der Waals surface area contributed by atoms with Gasteiger partial charge in [0.1, 0.15) is 23.9 Å². The fourth-order valence-electron chi connectivity index (χ4n) is 6.74. The van der Waals surface area contributed by atoms with Crippen molar-refractivity contribution in [3.05, 3.63) is 117 Å². The van der Waals surface area contributed by atoms with Gasteiger partial charge in [-0.1, -0.05) is 47.6 Å². The molecule has 54 heavy (non-hydrogen) atoms. The number of fused-ring (bicyclic) bond motifs is 6. The molecule has 0 saturated carbocycles. The third-order valence-electron chi connectivity index (χ3n) is 9.63. The number of ether oxygens (including phenoxy) is 7. The lowest BCUT2D eigenvalue weighted by Gasteiger charge is -2.25. The van der Waals surface area contributed by atoms with Crippen molar-refractivity contribution in [1.82, 2.24) is 4.98 Å². The van der Waals surface area contributed by atoms with Gasteiger partial charge in [-0.3, -0.25) is 9.78 Å². The summed E-state index contributed by atoms with van der Waals surface area (Å²) in [7, 11) is 5.07. The minimum Gasteiger partial charge on any atom is -0.496 e. The monoisotopic (exact) mass is 739 g/mol. The maximum absolute atomic E-state index is 12.6. The molecule has 0 aliphatic carbocycles. The second-order valence-corrected chi connectivity index (χ2v) is 15.9. The lowest BCUT2D eigenvalue weighted by molar-refractivity contribution is -0.145. The van der Waals surface area contributed by atoms with E-state index in [-0.39, 0.29) is 23.4 Å². The van der Waals surface area contributed by atoms with Crippen LogP contribution in [0.1, 0.15) is 110 Å². The van der Waals surface area contributed by atoms with E-state index in [1.54, 1.807) is 27.5 Å². The Morgan fingerprint density at radius 3 is 1.39 bits per heavy atom. The van der Waals surface area contributed by atoms with Gasteiger partial charge in [-0.25, -0.2) is 0 Å². The number of aryl methyl sites for hydroxylation is 1.